The molecule has 0 N–H and O–H groups in total. The van der Waals surface area contributed by atoms with Crippen molar-refractivity contribution in [2.75, 3.05) is 11.5 Å². The molecule has 0 aromatic heterocycles. The Morgan fingerprint density at radius 3 is 1.21 bits per heavy atom. The van der Waals surface area contributed by atoms with Crippen LogP contribution in [0.15, 0.2) is 72.8 Å². The first-order valence-corrected chi connectivity index (χ1v) is 17.8. The molecule has 0 heterocycles. The molecule has 0 radical (unpaired) electrons. The maximum absolute atomic E-state index is 12.6. The summed E-state index contributed by atoms with van der Waals surface area (Å²) in [6, 6.07) is 24.7. The molecule has 5 rings (SSSR count). The minimum Gasteiger partial charge on any atom is -0.382 e. The molecule has 0 saturated carbocycles. The number of rotatable bonds is 10. The van der Waals surface area contributed by atoms with Crippen LogP contribution in [0.5, 0.6) is 11.5 Å². The van der Waals surface area contributed by atoms with E-state index in [4.69, 9.17) is 8.37 Å². The van der Waals surface area contributed by atoms with Gasteiger partial charge in [0.25, 0.3) is 0 Å². The van der Waals surface area contributed by atoms with Crippen LogP contribution in [-0.2, 0) is 25.7 Å². The van der Waals surface area contributed by atoms with Crippen molar-refractivity contribution in [3.63, 3.8) is 0 Å². The molecule has 43 heavy (non-hydrogen) atoms. The first-order valence-electron chi connectivity index (χ1n) is 14.6. The third-order valence-electron chi connectivity index (χ3n) is 8.07. The van der Waals surface area contributed by atoms with Crippen LogP contribution >= 0.6 is 0 Å². The predicted molar refractivity (Wildman–Crippen MR) is 172 cm³/mol. The van der Waals surface area contributed by atoms with Crippen molar-refractivity contribution >= 4 is 20.2 Å². The fraction of sp³-hybridized carbons (Fsp3) is 0.314. The van der Waals surface area contributed by atoms with Gasteiger partial charge in [-0.05, 0) is 96.2 Å². The lowest BCUT2D eigenvalue weighted by molar-refractivity contribution is 0.479. The molecule has 8 heteroatoms. The summed E-state index contributed by atoms with van der Waals surface area (Å²) >= 11 is 0. The summed E-state index contributed by atoms with van der Waals surface area (Å²) in [6.07, 6.45) is 0.931. The first kappa shape index (κ1) is 30.8. The molecular formula is C35H38O6S2. The SMILES string of the molecule is CCCS(=O)(=O)Oc1c(C)cc(C2(c3cc(C)c(OS(=O)(=O)CCC)c(C)c3)c3ccccc3-c3ccccc32)cc1C. The van der Waals surface area contributed by atoms with E-state index in [2.05, 4.69) is 24.3 Å². The minimum atomic E-state index is -3.72. The van der Waals surface area contributed by atoms with Crippen molar-refractivity contribution in [3.05, 3.63) is 117 Å². The molecule has 0 spiro atoms. The minimum absolute atomic E-state index is 0.0563. The highest BCUT2D eigenvalue weighted by molar-refractivity contribution is 7.87. The van der Waals surface area contributed by atoms with Crippen LogP contribution in [0.2, 0.25) is 0 Å². The largest absolute Gasteiger partial charge is 0.382 e. The van der Waals surface area contributed by atoms with Gasteiger partial charge < -0.3 is 8.37 Å². The lowest BCUT2D eigenvalue weighted by Gasteiger charge is -2.35. The Balaban J connectivity index is 1.81. The van der Waals surface area contributed by atoms with Gasteiger partial charge >= 0.3 is 20.2 Å². The topological polar surface area (TPSA) is 86.7 Å². The van der Waals surface area contributed by atoms with Gasteiger partial charge in [-0.2, -0.15) is 16.8 Å². The van der Waals surface area contributed by atoms with E-state index in [1.54, 1.807) is 0 Å². The fourth-order valence-electron chi connectivity index (χ4n) is 6.46. The van der Waals surface area contributed by atoms with Crippen molar-refractivity contribution < 1.29 is 25.2 Å². The summed E-state index contributed by atoms with van der Waals surface area (Å²) in [6.45, 7) is 11.1. The fourth-order valence-corrected chi connectivity index (χ4v) is 8.66. The van der Waals surface area contributed by atoms with Crippen LogP contribution in [0.3, 0.4) is 0 Å². The number of benzene rings is 4. The van der Waals surface area contributed by atoms with E-state index in [-0.39, 0.29) is 11.5 Å². The summed E-state index contributed by atoms with van der Waals surface area (Å²) in [5.74, 6) is 0.590. The van der Waals surface area contributed by atoms with Gasteiger partial charge in [-0.1, -0.05) is 86.6 Å². The normalized spacial score (nSPS) is 13.8. The van der Waals surface area contributed by atoms with E-state index in [1.807, 2.05) is 90.1 Å². The van der Waals surface area contributed by atoms with Gasteiger partial charge in [0.15, 0.2) is 0 Å². The van der Waals surface area contributed by atoms with Crippen LogP contribution in [0.4, 0.5) is 0 Å². The molecule has 6 nitrogen and oxygen atoms in total. The standard InChI is InChI=1S/C35H38O6S2/c1-7-17-42(36,37)40-33-23(3)19-27(20-24(33)4)35(31-15-11-9-13-29(31)30-14-10-12-16-32(30)35)28-21-25(5)34(26(6)22-28)41-43(38,39)18-8-2/h9-16,19-22H,7-8,17-18H2,1-6H3. The zero-order valence-corrected chi connectivity index (χ0v) is 27.2. The molecule has 0 atom stereocenters. The molecule has 1 aliphatic carbocycles. The second-order valence-corrected chi connectivity index (χ2v) is 14.8. The zero-order chi connectivity index (χ0) is 31.2. The van der Waals surface area contributed by atoms with Crippen molar-refractivity contribution in [1.82, 2.24) is 0 Å². The number of hydrogen-bond donors (Lipinski definition) is 0. The average molecular weight is 619 g/mol. The number of fused-ring (bicyclic) bond motifs is 3. The Morgan fingerprint density at radius 2 is 0.884 bits per heavy atom. The highest BCUT2D eigenvalue weighted by Crippen LogP contribution is 2.57. The van der Waals surface area contributed by atoms with E-state index in [0.717, 1.165) is 55.6 Å². The molecule has 4 aromatic rings. The molecule has 0 unspecified atom stereocenters. The number of hydrogen-bond acceptors (Lipinski definition) is 6. The monoisotopic (exact) mass is 618 g/mol. The Kier molecular flexibility index (Phi) is 8.22. The van der Waals surface area contributed by atoms with Gasteiger partial charge in [0.2, 0.25) is 0 Å². The predicted octanol–water partition coefficient (Wildman–Crippen LogP) is 7.52. The van der Waals surface area contributed by atoms with Gasteiger partial charge in [-0.25, -0.2) is 0 Å². The van der Waals surface area contributed by atoms with Gasteiger partial charge in [-0.15, -0.1) is 0 Å². The summed E-state index contributed by atoms with van der Waals surface area (Å²) in [5, 5.41) is 0. The van der Waals surface area contributed by atoms with Gasteiger partial charge in [0, 0.05) is 0 Å². The maximum atomic E-state index is 12.6. The van der Waals surface area contributed by atoms with Crippen LogP contribution in [0.1, 0.15) is 71.2 Å². The lowest BCUT2D eigenvalue weighted by atomic mass is 9.66. The van der Waals surface area contributed by atoms with E-state index in [0.29, 0.717) is 24.3 Å². The molecule has 226 valence electrons. The highest BCUT2D eigenvalue weighted by Gasteiger charge is 2.46. The van der Waals surface area contributed by atoms with Gasteiger partial charge in [0.1, 0.15) is 11.5 Å². The average Bonchev–Trinajstić information content (AvgIpc) is 3.24. The van der Waals surface area contributed by atoms with Gasteiger partial charge in [-0.3, -0.25) is 0 Å². The Labute approximate surface area is 256 Å². The molecular weight excluding hydrogens is 581 g/mol. The highest BCUT2D eigenvalue weighted by atomic mass is 32.2. The third-order valence-corrected chi connectivity index (χ3v) is 10.7. The van der Waals surface area contributed by atoms with Crippen molar-refractivity contribution in [3.8, 4) is 22.6 Å². The second-order valence-electron chi connectivity index (χ2n) is 11.4. The van der Waals surface area contributed by atoms with E-state index >= 15 is 0 Å². The summed E-state index contributed by atoms with van der Waals surface area (Å²) < 4.78 is 61.7. The Morgan fingerprint density at radius 1 is 0.558 bits per heavy atom. The van der Waals surface area contributed by atoms with E-state index in [1.165, 1.54) is 0 Å². The van der Waals surface area contributed by atoms with Gasteiger partial charge in [0.05, 0.1) is 16.9 Å². The molecule has 4 aromatic carbocycles. The van der Waals surface area contributed by atoms with Crippen molar-refractivity contribution in [2.45, 2.75) is 59.8 Å². The maximum Gasteiger partial charge on any atom is 0.309 e. The second kappa shape index (κ2) is 11.5. The van der Waals surface area contributed by atoms with E-state index in [9.17, 15) is 16.8 Å². The van der Waals surface area contributed by atoms with Crippen LogP contribution in [0.25, 0.3) is 11.1 Å². The number of aryl methyl sites for hydroxylation is 4. The van der Waals surface area contributed by atoms with Crippen molar-refractivity contribution in [2.24, 2.45) is 0 Å². The Bertz CT molecular complexity index is 1740. The smallest absolute Gasteiger partial charge is 0.309 e. The Hall–Kier alpha value is -3.62. The first-order chi connectivity index (χ1) is 20.3. The molecule has 0 saturated heterocycles. The lowest BCUT2D eigenvalue weighted by Crippen LogP contribution is -2.29. The molecule has 0 amide bonds. The van der Waals surface area contributed by atoms with Crippen LogP contribution in [-0.4, -0.2) is 28.3 Å². The quantitative estimate of drug-likeness (QED) is 0.151. The molecule has 0 fully saturated rings. The van der Waals surface area contributed by atoms with Crippen LogP contribution < -0.4 is 8.37 Å². The molecule has 1 aliphatic rings. The zero-order valence-electron chi connectivity index (χ0n) is 25.5. The van der Waals surface area contributed by atoms with E-state index < -0.39 is 25.7 Å². The molecule has 0 bridgehead atoms. The summed E-state index contributed by atoms with van der Waals surface area (Å²) in [5.41, 5.74) is 8.44. The summed E-state index contributed by atoms with van der Waals surface area (Å²) in [4.78, 5) is 0. The molecule has 0 aliphatic heterocycles. The van der Waals surface area contributed by atoms with Crippen molar-refractivity contribution in [1.29, 1.82) is 0 Å². The summed E-state index contributed by atoms with van der Waals surface area (Å²) in [7, 11) is -7.45. The van der Waals surface area contributed by atoms with Crippen LogP contribution in [0, 0.1) is 27.7 Å². The third kappa shape index (κ3) is 5.47.